The van der Waals surface area contributed by atoms with E-state index in [0.29, 0.717) is 0 Å². The summed E-state index contributed by atoms with van der Waals surface area (Å²) >= 11 is 0. The van der Waals surface area contributed by atoms with Crippen LogP contribution in [0.25, 0.3) is 54.2 Å². The van der Waals surface area contributed by atoms with Gasteiger partial charge in [-0.05, 0) is 116 Å². The van der Waals surface area contributed by atoms with Gasteiger partial charge < -0.3 is 4.90 Å². The zero-order valence-corrected chi connectivity index (χ0v) is 23.2. The van der Waals surface area contributed by atoms with E-state index in [-0.39, 0.29) is 0 Å². The molecule has 41 heavy (non-hydrogen) atoms. The first-order valence-electron chi connectivity index (χ1n) is 14.3. The number of hydrogen-bond acceptors (Lipinski definition) is 1. The molecule has 0 heterocycles. The highest BCUT2D eigenvalue weighted by Gasteiger charge is 2.19. The predicted molar refractivity (Wildman–Crippen MR) is 177 cm³/mol. The molecule has 0 bridgehead atoms. The molecule has 0 fully saturated rings. The smallest absolute Gasteiger partial charge is 0.0462 e. The van der Waals surface area contributed by atoms with E-state index in [1.807, 2.05) is 0 Å². The quantitative estimate of drug-likeness (QED) is 0.164. The second-order valence-electron chi connectivity index (χ2n) is 11.1. The molecule has 8 rings (SSSR count). The van der Waals surface area contributed by atoms with Crippen molar-refractivity contribution in [2.24, 2.45) is 0 Å². The number of rotatable bonds is 4. The van der Waals surface area contributed by atoms with Crippen molar-refractivity contribution < 1.29 is 0 Å². The average molecular weight is 524 g/mol. The van der Waals surface area contributed by atoms with Crippen LogP contribution in [-0.4, -0.2) is 0 Å². The van der Waals surface area contributed by atoms with Crippen molar-refractivity contribution in [2.75, 3.05) is 4.90 Å². The minimum absolute atomic E-state index is 1.14. The fourth-order valence-electron chi connectivity index (χ4n) is 6.78. The number of para-hydroxylation sites is 2. The van der Waals surface area contributed by atoms with E-state index in [9.17, 15) is 0 Å². The van der Waals surface area contributed by atoms with Crippen LogP contribution in [0, 0.1) is 13.8 Å². The van der Waals surface area contributed by atoms with Gasteiger partial charge in [0.15, 0.2) is 0 Å². The van der Waals surface area contributed by atoms with Crippen molar-refractivity contribution in [3.05, 3.63) is 151 Å². The Morgan fingerprint density at radius 1 is 0.366 bits per heavy atom. The second-order valence-corrected chi connectivity index (χ2v) is 11.1. The Labute approximate surface area is 240 Å². The summed E-state index contributed by atoms with van der Waals surface area (Å²) in [5.74, 6) is 0. The summed E-state index contributed by atoms with van der Waals surface area (Å²) < 4.78 is 0. The molecule has 1 nitrogen and oxygen atoms in total. The monoisotopic (exact) mass is 523 g/mol. The summed E-state index contributed by atoms with van der Waals surface area (Å²) in [5, 5.41) is 10.8. The molecule has 0 atom stereocenters. The molecule has 8 aromatic rings. The SMILES string of the molecule is Cc1ccc2c3ccccc3c3c(C)cc(-c4ccc(N(c5ccccc5)c5ccccc5)cc4)c4ccc1c2c43. The van der Waals surface area contributed by atoms with Crippen molar-refractivity contribution >= 4 is 60.2 Å². The van der Waals surface area contributed by atoms with E-state index in [1.165, 1.54) is 65.3 Å². The van der Waals surface area contributed by atoms with E-state index in [1.54, 1.807) is 0 Å². The molecule has 0 N–H and O–H groups in total. The molecule has 0 aliphatic heterocycles. The maximum Gasteiger partial charge on any atom is 0.0462 e. The van der Waals surface area contributed by atoms with Gasteiger partial charge in [0.1, 0.15) is 0 Å². The lowest BCUT2D eigenvalue weighted by Gasteiger charge is -2.25. The Balaban J connectivity index is 1.36. The van der Waals surface area contributed by atoms with Crippen LogP contribution >= 0.6 is 0 Å². The molecule has 8 aromatic carbocycles. The van der Waals surface area contributed by atoms with Crippen LogP contribution in [0.4, 0.5) is 17.1 Å². The Bertz CT molecular complexity index is 2150. The third-order valence-corrected chi connectivity index (χ3v) is 8.65. The van der Waals surface area contributed by atoms with Gasteiger partial charge in [-0.2, -0.15) is 0 Å². The van der Waals surface area contributed by atoms with Gasteiger partial charge in [0, 0.05) is 17.1 Å². The van der Waals surface area contributed by atoms with Gasteiger partial charge in [-0.25, -0.2) is 0 Å². The molecule has 0 aliphatic carbocycles. The van der Waals surface area contributed by atoms with Crippen molar-refractivity contribution in [1.29, 1.82) is 0 Å². The van der Waals surface area contributed by atoms with Crippen molar-refractivity contribution in [3.63, 3.8) is 0 Å². The molecular formula is C40H29N. The van der Waals surface area contributed by atoms with Gasteiger partial charge in [-0.15, -0.1) is 0 Å². The number of aryl methyl sites for hydroxylation is 2. The molecule has 0 spiro atoms. The number of hydrogen-bond donors (Lipinski definition) is 0. The summed E-state index contributed by atoms with van der Waals surface area (Å²) in [6.45, 7) is 4.50. The summed E-state index contributed by atoms with van der Waals surface area (Å²) in [6.07, 6.45) is 0. The first kappa shape index (κ1) is 23.7. The Hall–Kier alpha value is -5.14. The molecule has 0 saturated carbocycles. The van der Waals surface area contributed by atoms with E-state index in [0.717, 1.165) is 17.1 Å². The molecule has 0 amide bonds. The van der Waals surface area contributed by atoms with Crippen LogP contribution in [0.5, 0.6) is 0 Å². The number of fused-ring (bicyclic) bond motifs is 3. The predicted octanol–water partition coefficient (Wildman–Crippen LogP) is 11.5. The zero-order valence-electron chi connectivity index (χ0n) is 23.2. The highest BCUT2D eigenvalue weighted by molar-refractivity contribution is 6.36. The number of benzene rings is 8. The maximum atomic E-state index is 2.39. The zero-order chi connectivity index (χ0) is 27.5. The van der Waals surface area contributed by atoms with Crippen LogP contribution in [-0.2, 0) is 0 Å². The topological polar surface area (TPSA) is 3.24 Å². The molecule has 0 saturated heterocycles. The Morgan fingerprint density at radius 2 is 0.902 bits per heavy atom. The lowest BCUT2D eigenvalue weighted by atomic mass is 9.83. The average Bonchev–Trinajstić information content (AvgIpc) is 3.03. The molecule has 0 aromatic heterocycles. The first-order valence-corrected chi connectivity index (χ1v) is 14.3. The minimum Gasteiger partial charge on any atom is -0.311 e. The van der Waals surface area contributed by atoms with Crippen LogP contribution < -0.4 is 4.90 Å². The third kappa shape index (κ3) is 3.63. The molecule has 194 valence electrons. The lowest BCUT2D eigenvalue weighted by Crippen LogP contribution is -2.09. The normalized spacial score (nSPS) is 11.7. The highest BCUT2D eigenvalue weighted by atomic mass is 15.1. The van der Waals surface area contributed by atoms with Crippen LogP contribution in [0.1, 0.15) is 11.1 Å². The van der Waals surface area contributed by atoms with Gasteiger partial charge in [0.05, 0.1) is 0 Å². The lowest BCUT2D eigenvalue weighted by molar-refractivity contribution is 1.28. The molecule has 0 radical (unpaired) electrons. The second kappa shape index (κ2) is 9.21. The van der Waals surface area contributed by atoms with Crippen molar-refractivity contribution in [1.82, 2.24) is 0 Å². The molecular weight excluding hydrogens is 494 g/mol. The van der Waals surface area contributed by atoms with E-state index in [2.05, 4.69) is 158 Å². The van der Waals surface area contributed by atoms with Crippen LogP contribution in [0.2, 0.25) is 0 Å². The van der Waals surface area contributed by atoms with Gasteiger partial charge in [-0.3, -0.25) is 0 Å². The van der Waals surface area contributed by atoms with Gasteiger partial charge in [0.25, 0.3) is 0 Å². The summed E-state index contributed by atoms with van der Waals surface area (Å²) in [6, 6.07) is 50.8. The highest BCUT2D eigenvalue weighted by Crippen LogP contribution is 2.46. The third-order valence-electron chi connectivity index (χ3n) is 8.65. The van der Waals surface area contributed by atoms with Crippen molar-refractivity contribution in [3.8, 4) is 11.1 Å². The van der Waals surface area contributed by atoms with E-state index >= 15 is 0 Å². The van der Waals surface area contributed by atoms with Crippen LogP contribution in [0.3, 0.4) is 0 Å². The number of nitrogens with zero attached hydrogens (tertiary/aromatic N) is 1. The van der Waals surface area contributed by atoms with E-state index in [4.69, 9.17) is 0 Å². The van der Waals surface area contributed by atoms with E-state index < -0.39 is 0 Å². The summed E-state index contributed by atoms with van der Waals surface area (Å²) in [7, 11) is 0. The summed E-state index contributed by atoms with van der Waals surface area (Å²) in [5.41, 5.74) is 8.59. The Kier molecular flexibility index (Phi) is 5.33. The first-order chi connectivity index (χ1) is 20.2. The minimum atomic E-state index is 1.14. The standard InChI is InChI=1S/C40H29N/c1-26-17-22-35-33-15-9-10-16-34(33)38-27(2)25-37(36-24-23-32(26)39(35)40(36)38)28-18-20-31(21-19-28)41(29-11-5-3-6-12-29)30-13-7-4-8-14-30/h3-25H,1-2H3. The fraction of sp³-hybridized carbons (Fsp3) is 0.0500. The van der Waals surface area contributed by atoms with Crippen LogP contribution in [0.15, 0.2) is 140 Å². The number of anilines is 3. The largest absolute Gasteiger partial charge is 0.311 e. The fourth-order valence-corrected chi connectivity index (χ4v) is 6.78. The van der Waals surface area contributed by atoms with Gasteiger partial charge in [0.2, 0.25) is 0 Å². The molecule has 0 aliphatic rings. The van der Waals surface area contributed by atoms with Gasteiger partial charge >= 0.3 is 0 Å². The maximum absolute atomic E-state index is 2.39. The van der Waals surface area contributed by atoms with Gasteiger partial charge in [-0.1, -0.05) is 103 Å². The molecule has 1 heteroatoms. The van der Waals surface area contributed by atoms with Crippen molar-refractivity contribution in [2.45, 2.75) is 13.8 Å². The molecule has 0 unspecified atom stereocenters. The summed E-state index contributed by atoms with van der Waals surface area (Å²) in [4.78, 5) is 2.31. The Morgan fingerprint density at radius 3 is 1.59 bits per heavy atom.